The molecule has 0 aliphatic carbocycles. The smallest absolute Gasteiger partial charge is 0.263 e. The van der Waals surface area contributed by atoms with Crippen molar-refractivity contribution in [1.82, 2.24) is 19.7 Å². The molecule has 5 nitrogen and oxygen atoms in total. The van der Waals surface area contributed by atoms with Crippen molar-refractivity contribution in [2.45, 2.75) is 11.9 Å². The number of thioether (sulfide) groups is 1. The molecule has 0 amide bonds. The van der Waals surface area contributed by atoms with E-state index in [9.17, 15) is 9.18 Å². The minimum absolute atomic E-state index is 0.277. The van der Waals surface area contributed by atoms with Gasteiger partial charge in [0.25, 0.3) is 5.56 Å². The van der Waals surface area contributed by atoms with Gasteiger partial charge < -0.3 is 4.98 Å². The van der Waals surface area contributed by atoms with E-state index in [1.165, 1.54) is 34.6 Å². The molecule has 3 rings (SSSR count). The molecule has 0 atom stereocenters. The Morgan fingerprint density at radius 2 is 2.19 bits per heavy atom. The number of hydrogen-bond donors (Lipinski definition) is 1. The molecular formula is C13H10ClFN4OS. The zero-order valence-corrected chi connectivity index (χ0v) is 12.7. The maximum absolute atomic E-state index is 13.5. The summed E-state index contributed by atoms with van der Waals surface area (Å²) in [5.74, 6) is 0.0131. The number of halogens is 2. The lowest BCUT2D eigenvalue weighted by Crippen LogP contribution is -2.10. The SMILES string of the molecule is CSc1nn(-c2cc(F)ccc2Cl)c2nc(C)[nH]c(=O)c12. The Labute approximate surface area is 128 Å². The van der Waals surface area contributed by atoms with Crippen LogP contribution in [0.2, 0.25) is 5.02 Å². The first-order valence-electron chi connectivity index (χ1n) is 6.00. The van der Waals surface area contributed by atoms with E-state index < -0.39 is 5.82 Å². The molecule has 21 heavy (non-hydrogen) atoms. The summed E-state index contributed by atoms with van der Waals surface area (Å²) in [5, 5.41) is 5.54. The van der Waals surface area contributed by atoms with Crippen molar-refractivity contribution in [3.8, 4) is 5.69 Å². The normalized spacial score (nSPS) is 11.2. The Bertz CT molecular complexity index is 905. The monoisotopic (exact) mass is 324 g/mol. The summed E-state index contributed by atoms with van der Waals surface area (Å²) in [7, 11) is 0. The van der Waals surface area contributed by atoms with E-state index in [2.05, 4.69) is 15.1 Å². The maximum Gasteiger partial charge on any atom is 0.263 e. The Morgan fingerprint density at radius 1 is 1.43 bits per heavy atom. The molecule has 108 valence electrons. The van der Waals surface area contributed by atoms with Gasteiger partial charge in [-0.3, -0.25) is 4.79 Å². The molecule has 2 heterocycles. The van der Waals surface area contributed by atoms with Crippen LogP contribution in [-0.4, -0.2) is 26.0 Å². The van der Waals surface area contributed by atoms with Crippen LogP contribution in [0.25, 0.3) is 16.7 Å². The van der Waals surface area contributed by atoms with E-state index in [-0.39, 0.29) is 5.56 Å². The van der Waals surface area contributed by atoms with Gasteiger partial charge in [0, 0.05) is 6.07 Å². The van der Waals surface area contributed by atoms with Gasteiger partial charge in [-0.2, -0.15) is 5.10 Å². The highest BCUT2D eigenvalue weighted by Gasteiger charge is 2.18. The predicted octanol–water partition coefficient (Wildman–Crippen LogP) is 2.93. The molecule has 0 radical (unpaired) electrons. The summed E-state index contributed by atoms with van der Waals surface area (Å²) in [6.45, 7) is 1.67. The summed E-state index contributed by atoms with van der Waals surface area (Å²) in [6, 6.07) is 3.97. The van der Waals surface area contributed by atoms with Gasteiger partial charge in [-0.15, -0.1) is 11.8 Å². The number of benzene rings is 1. The second-order valence-electron chi connectivity index (χ2n) is 4.37. The highest BCUT2D eigenvalue weighted by atomic mass is 35.5. The first-order chi connectivity index (χ1) is 10.0. The third-order valence-corrected chi connectivity index (χ3v) is 3.95. The summed E-state index contributed by atoms with van der Waals surface area (Å²) in [6.07, 6.45) is 1.80. The molecule has 0 saturated heterocycles. The first kappa shape index (κ1) is 14.1. The Balaban J connectivity index is 2.43. The van der Waals surface area contributed by atoms with Crippen LogP contribution >= 0.6 is 23.4 Å². The maximum atomic E-state index is 13.5. The summed E-state index contributed by atoms with van der Waals surface area (Å²) < 4.78 is 14.9. The fourth-order valence-electron chi connectivity index (χ4n) is 2.06. The number of aryl methyl sites for hydroxylation is 1. The van der Waals surface area contributed by atoms with Crippen LogP contribution in [0.15, 0.2) is 28.0 Å². The van der Waals surface area contributed by atoms with Crippen molar-refractivity contribution in [3.05, 3.63) is 45.2 Å². The van der Waals surface area contributed by atoms with Crippen LogP contribution in [0.4, 0.5) is 4.39 Å². The number of aromatic amines is 1. The van der Waals surface area contributed by atoms with E-state index in [1.807, 2.05) is 0 Å². The molecule has 0 spiro atoms. The zero-order valence-electron chi connectivity index (χ0n) is 11.1. The number of hydrogen-bond acceptors (Lipinski definition) is 4. The highest BCUT2D eigenvalue weighted by Crippen LogP contribution is 2.28. The van der Waals surface area contributed by atoms with Gasteiger partial charge in [-0.05, 0) is 25.3 Å². The lowest BCUT2D eigenvalue weighted by molar-refractivity contribution is 0.625. The van der Waals surface area contributed by atoms with Crippen LogP contribution < -0.4 is 5.56 Å². The zero-order chi connectivity index (χ0) is 15.1. The van der Waals surface area contributed by atoms with Crippen LogP contribution in [0, 0.1) is 12.7 Å². The number of aromatic nitrogens is 4. The van der Waals surface area contributed by atoms with Crippen molar-refractivity contribution < 1.29 is 4.39 Å². The first-order valence-corrected chi connectivity index (χ1v) is 7.60. The molecule has 1 N–H and O–H groups in total. The standard InChI is InChI=1S/C13H10ClFN4OS/c1-6-16-11-10(12(20)17-6)13(21-2)18-19(11)9-5-7(15)3-4-8(9)14/h3-5H,1-2H3,(H,16,17,20). The van der Waals surface area contributed by atoms with Crippen molar-refractivity contribution >= 4 is 34.4 Å². The van der Waals surface area contributed by atoms with Gasteiger partial charge >= 0.3 is 0 Å². The molecule has 0 saturated carbocycles. The number of nitrogens with one attached hydrogen (secondary N) is 1. The molecule has 0 aliphatic heterocycles. The Hall–Kier alpha value is -1.86. The number of rotatable bonds is 2. The molecule has 3 aromatic rings. The molecule has 1 aromatic carbocycles. The molecule has 0 aliphatic rings. The van der Waals surface area contributed by atoms with Gasteiger partial charge in [-0.25, -0.2) is 14.1 Å². The fourth-order valence-corrected chi connectivity index (χ4v) is 2.81. The molecular weight excluding hydrogens is 315 g/mol. The summed E-state index contributed by atoms with van der Waals surface area (Å²) in [5.41, 5.74) is 0.424. The lowest BCUT2D eigenvalue weighted by atomic mass is 10.3. The molecule has 0 unspecified atom stereocenters. The summed E-state index contributed by atoms with van der Waals surface area (Å²) >= 11 is 7.43. The molecule has 0 fully saturated rings. The Morgan fingerprint density at radius 3 is 2.90 bits per heavy atom. The minimum atomic E-state index is -0.440. The van der Waals surface area contributed by atoms with Crippen LogP contribution in [0.1, 0.15) is 5.82 Å². The third-order valence-electron chi connectivity index (χ3n) is 2.95. The fraction of sp³-hybridized carbons (Fsp3) is 0.154. The largest absolute Gasteiger partial charge is 0.310 e. The van der Waals surface area contributed by atoms with Gasteiger partial charge in [0.15, 0.2) is 5.65 Å². The molecule has 2 aromatic heterocycles. The quantitative estimate of drug-likeness (QED) is 0.736. The van der Waals surface area contributed by atoms with E-state index in [1.54, 1.807) is 13.2 Å². The lowest BCUT2D eigenvalue weighted by Gasteiger charge is -2.05. The van der Waals surface area contributed by atoms with Crippen LogP contribution in [0.5, 0.6) is 0 Å². The van der Waals surface area contributed by atoms with Crippen molar-refractivity contribution in [3.63, 3.8) is 0 Å². The third kappa shape index (κ3) is 2.32. The Kier molecular flexibility index (Phi) is 3.46. The number of H-pyrrole nitrogens is 1. The average molecular weight is 325 g/mol. The number of fused-ring (bicyclic) bond motifs is 1. The van der Waals surface area contributed by atoms with E-state index in [0.717, 1.165) is 0 Å². The van der Waals surface area contributed by atoms with Gasteiger partial charge in [0.2, 0.25) is 0 Å². The van der Waals surface area contributed by atoms with Crippen molar-refractivity contribution in [2.75, 3.05) is 6.26 Å². The highest BCUT2D eigenvalue weighted by molar-refractivity contribution is 7.98. The second kappa shape index (κ2) is 5.16. The van der Waals surface area contributed by atoms with E-state index in [0.29, 0.717) is 32.6 Å². The molecule has 8 heteroatoms. The molecule has 0 bridgehead atoms. The number of nitrogens with zero attached hydrogens (tertiary/aromatic N) is 3. The van der Waals surface area contributed by atoms with Crippen LogP contribution in [0.3, 0.4) is 0 Å². The predicted molar refractivity (Wildman–Crippen MR) is 81.0 cm³/mol. The van der Waals surface area contributed by atoms with Gasteiger partial charge in [0.1, 0.15) is 22.1 Å². The van der Waals surface area contributed by atoms with Crippen molar-refractivity contribution in [1.29, 1.82) is 0 Å². The van der Waals surface area contributed by atoms with E-state index >= 15 is 0 Å². The minimum Gasteiger partial charge on any atom is -0.310 e. The van der Waals surface area contributed by atoms with E-state index in [4.69, 9.17) is 11.6 Å². The van der Waals surface area contributed by atoms with Crippen LogP contribution in [-0.2, 0) is 0 Å². The van der Waals surface area contributed by atoms with Gasteiger partial charge in [0.05, 0.1) is 10.7 Å². The second-order valence-corrected chi connectivity index (χ2v) is 5.57. The van der Waals surface area contributed by atoms with Crippen molar-refractivity contribution in [2.24, 2.45) is 0 Å². The topological polar surface area (TPSA) is 63.6 Å². The summed E-state index contributed by atoms with van der Waals surface area (Å²) in [4.78, 5) is 19.0. The van der Waals surface area contributed by atoms with Gasteiger partial charge in [-0.1, -0.05) is 11.6 Å². The average Bonchev–Trinajstić information content (AvgIpc) is 2.80.